The first kappa shape index (κ1) is 20.7. The molecule has 1 aliphatic carbocycles. The molecule has 0 aromatic heterocycles. The highest BCUT2D eigenvalue weighted by molar-refractivity contribution is 5.76. The molecule has 2 atom stereocenters. The van der Waals surface area contributed by atoms with Crippen molar-refractivity contribution in [3.05, 3.63) is 17.7 Å². The van der Waals surface area contributed by atoms with Crippen LogP contribution in [0.1, 0.15) is 31.2 Å². The Morgan fingerprint density at radius 2 is 1.68 bits per heavy atom. The summed E-state index contributed by atoms with van der Waals surface area (Å²) < 4.78 is 16.3. The lowest BCUT2D eigenvalue weighted by Crippen LogP contribution is -2.49. The smallest absolute Gasteiger partial charge is 0.222 e. The molecular weight excluding hydrogens is 358 g/mol. The molecule has 1 amide bonds. The van der Waals surface area contributed by atoms with Crippen molar-refractivity contribution in [2.24, 2.45) is 11.7 Å². The van der Waals surface area contributed by atoms with E-state index in [4.69, 9.17) is 19.9 Å². The Labute approximate surface area is 167 Å². The van der Waals surface area contributed by atoms with Crippen LogP contribution in [-0.2, 0) is 11.3 Å². The Kier molecular flexibility index (Phi) is 7.02. The average Bonchev–Trinajstić information content (AvgIpc) is 3.12. The number of hydrogen-bond acceptors (Lipinski definition) is 6. The van der Waals surface area contributed by atoms with Crippen molar-refractivity contribution < 1.29 is 19.0 Å². The van der Waals surface area contributed by atoms with Gasteiger partial charge in [-0.25, -0.2) is 0 Å². The molecule has 7 heteroatoms. The van der Waals surface area contributed by atoms with E-state index in [2.05, 4.69) is 4.90 Å². The van der Waals surface area contributed by atoms with Crippen LogP contribution in [0.15, 0.2) is 12.1 Å². The second-order valence-corrected chi connectivity index (χ2v) is 7.75. The highest BCUT2D eigenvalue weighted by Gasteiger charge is 2.29. The van der Waals surface area contributed by atoms with Crippen molar-refractivity contribution in [1.29, 1.82) is 0 Å². The van der Waals surface area contributed by atoms with Gasteiger partial charge in [0.2, 0.25) is 11.7 Å². The third-order valence-corrected chi connectivity index (χ3v) is 6.01. The molecule has 28 heavy (non-hydrogen) atoms. The number of carbonyl (C=O) groups excluding carboxylic acids is 1. The number of piperazine rings is 1. The summed E-state index contributed by atoms with van der Waals surface area (Å²) in [6, 6.07) is 4.17. The molecule has 1 saturated heterocycles. The quantitative estimate of drug-likeness (QED) is 0.765. The van der Waals surface area contributed by atoms with Crippen LogP contribution in [0.2, 0.25) is 0 Å². The van der Waals surface area contributed by atoms with Gasteiger partial charge in [0.1, 0.15) is 0 Å². The summed E-state index contributed by atoms with van der Waals surface area (Å²) in [5, 5.41) is 0. The maximum absolute atomic E-state index is 12.6. The van der Waals surface area contributed by atoms with Gasteiger partial charge in [-0.2, -0.15) is 0 Å². The topological polar surface area (TPSA) is 77.3 Å². The third-order valence-electron chi connectivity index (χ3n) is 6.01. The standard InChI is InChI=1S/C21H33N3O4/c1-26-18-11-15(12-19(27-2)21(18)28-3)14-23-7-9-24(10-8-23)20(25)13-16-5-4-6-17(16)22/h11-12,16-17H,4-10,13-14,22H2,1-3H3/t16-,17+/m0/s1. The van der Waals surface area contributed by atoms with Crippen molar-refractivity contribution in [2.75, 3.05) is 47.5 Å². The monoisotopic (exact) mass is 391 g/mol. The van der Waals surface area contributed by atoms with Crippen LogP contribution in [-0.4, -0.2) is 69.3 Å². The normalized spacial score (nSPS) is 22.9. The lowest BCUT2D eigenvalue weighted by molar-refractivity contribution is -0.134. The summed E-state index contributed by atoms with van der Waals surface area (Å²) in [4.78, 5) is 17.0. The van der Waals surface area contributed by atoms with E-state index >= 15 is 0 Å². The molecule has 1 saturated carbocycles. The van der Waals surface area contributed by atoms with E-state index in [0.717, 1.165) is 57.5 Å². The lowest BCUT2D eigenvalue weighted by atomic mass is 9.99. The van der Waals surface area contributed by atoms with Crippen LogP contribution < -0.4 is 19.9 Å². The van der Waals surface area contributed by atoms with Gasteiger partial charge in [-0.05, 0) is 36.5 Å². The molecule has 1 aliphatic heterocycles. The maximum atomic E-state index is 12.6. The highest BCUT2D eigenvalue weighted by atomic mass is 16.5. The maximum Gasteiger partial charge on any atom is 0.222 e. The minimum absolute atomic E-state index is 0.199. The molecule has 3 rings (SSSR count). The number of amides is 1. The van der Waals surface area contributed by atoms with Crippen molar-refractivity contribution in [2.45, 2.75) is 38.3 Å². The summed E-state index contributed by atoms with van der Waals surface area (Å²) in [7, 11) is 4.86. The molecule has 2 N–H and O–H groups in total. The zero-order valence-corrected chi connectivity index (χ0v) is 17.3. The highest BCUT2D eigenvalue weighted by Crippen LogP contribution is 2.38. The molecule has 0 radical (unpaired) electrons. The Morgan fingerprint density at radius 1 is 1.04 bits per heavy atom. The lowest BCUT2D eigenvalue weighted by Gasteiger charge is -2.35. The molecule has 0 spiro atoms. The number of nitrogens with two attached hydrogens (primary N) is 1. The third kappa shape index (κ3) is 4.70. The van der Waals surface area contributed by atoms with E-state index in [1.165, 1.54) is 0 Å². The van der Waals surface area contributed by atoms with E-state index in [1.807, 2.05) is 17.0 Å². The van der Waals surface area contributed by atoms with Crippen LogP contribution in [0.4, 0.5) is 0 Å². The largest absolute Gasteiger partial charge is 0.493 e. The average molecular weight is 392 g/mol. The predicted molar refractivity (Wildman–Crippen MR) is 108 cm³/mol. The van der Waals surface area contributed by atoms with Crippen LogP contribution in [0.5, 0.6) is 17.2 Å². The first-order valence-corrected chi connectivity index (χ1v) is 10.1. The second kappa shape index (κ2) is 9.47. The molecule has 7 nitrogen and oxygen atoms in total. The molecule has 0 bridgehead atoms. The van der Waals surface area contributed by atoms with E-state index in [0.29, 0.717) is 29.6 Å². The van der Waals surface area contributed by atoms with Crippen molar-refractivity contribution in [1.82, 2.24) is 9.80 Å². The van der Waals surface area contributed by atoms with Crippen LogP contribution in [0.3, 0.4) is 0 Å². The fourth-order valence-corrected chi connectivity index (χ4v) is 4.31. The van der Waals surface area contributed by atoms with E-state index < -0.39 is 0 Å². The van der Waals surface area contributed by atoms with Gasteiger partial charge in [0, 0.05) is 45.2 Å². The Balaban J connectivity index is 1.55. The number of nitrogens with zero attached hydrogens (tertiary/aromatic N) is 2. The first-order chi connectivity index (χ1) is 13.5. The first-order valence-electron chi connectivity index (χ1n) is 10.1. The molecular formula is C21H33N3O4. The summed E-state index contributed by atoms with van der Waals surface area (Å²) in [6.45, 7) is 4.04. The van der Waals surface area contributed by atoms with E-state index in [1.54, 1.807) is 21.3 Å². The number of ether oxygens (including phenoxy) is 3. The van der Waals surface area contributed by atoms with Gasteiger partial charge in [-0.15, -0.1) is 0 Å². The van der Waals surface area contributed by atoms with Gasteiger partial charge >= 0.3 is 0 Å². The van der Waals surface area contributed by atoms with Gasteiger partial charge in [0.25, 0.3) is 0 Å². The summed E-state index contributed by atoms with van der Waals surface area (Å²) >= 11 is 0. The molecule has 1 heterocycles. The number of benzene rings is 1. The Bertz CT molecular complexity index is 649. The minimum atomic E-state index is 0.199. The van der Waals surface area contributed by atoms with Gasteiger partial charge in [0.15, 0.2) is 11.5 Å². The van der Waals surface area contributed by atoms with Gasteiger partial charge in [-0.3, -0.25) is 9.69 Å². The van der Waals surface area contributed by atoms with Crippen molar-refractivity contribution >= 4 is 5.91 Å². The van der Waals surface area contributed by atoms with E-state index in [-0.39, 0.29) is 11.9 Å². The molecule has 0 unspecified atom stereocenters. The second-order valence-electron chi connectivity index (χ2n) is 7.75. The van der Waals surface area contributed by atoms with Gasteiger partial charge < -0.3 is 24.8 Å². The summed E-state index contributed by atoms with van der Waals surface area (Å²) in [5.41, 5.74) is 7.23. The predicted octanol–water partition coefficient (Wildman–Crippen LogP) is 1.87. The van der Waals surface area contributed by atoms with E-state index in [9.17, 15) is 4.79 Å². The molecule has 2 aliphatic rings. The summed E-state index contributed by atoms with van der Waals surface area (Å²) in [5.74, 6) is 2.56. The SMILES string of the molecule is COc1cc(CN2CCN(C(=O)C[C@@H]3CCC[C@H]3N)CC2)cc(OC)c1OC. The number of methoxy groups -OCH3 is 3. The Morgan fingerprint density at radius 3 is 2.18 bits per heavy atom. The van der Waals surface area contributed by atoms with Crippen LogP contribution >= 0.6 is 0 Å². The zero-order chi connectivity index (χ0) is 20.1. The van der Waals surface area contributed by atoms with Crippen molar-refractivity contribution in [3.8, 4) is 17.2 Å². The number of rotatable bonds is 7. The summed E-state index contributed by atoms with van der Waals surface area (Å²) in [6.07, 6.45) is 3.91. The number of hydrogen-bond donors (Lipinski definition) is 1. The zero-order valence-electron chi connectivity index (χ0n) is 17.3. The minimum Gasteiger partial charge on any atom is -0.493 e. The fraction of sp³-hybridized carbons (Fsp3) is 0.667. The van der Waals surface area contributed by atoms with Gasteiger partial charge in [0.05, 0.1) is 21.3 Å². The molecule has 1 aromatic rings. The molecule has 1 aromatic carbocycles. The van der Waals surface area contributed by atoms with Crippen molar-refractivity contribution in [3.63, 3.8) is 0 Å². The number of carbonyl (C=O) groups is 1. The van der Waals surface area contributed by atoms with Crippen LogP contribution in [0, 0.1) is 5.92 Å². The molecule has 2 fully saturated rings. The van der Waals surface area contributed by atoms with Crippen LogP contribution in [0.25, 0.3) is 0 Å². The van der Waals surface area contributed by atoms with Gasteiger partial charge in [-0.1, -0.05) is 6.42 Å². The molecule has 156 valence electrons. The fourth-order valence-electron chi connectivity index (χ4n) is 4.31. The Hall–Kier alpha value is -1.99.